The zero-order valence-corrected chi connectivity index (χ0v) is 13.1. The van der Waals surface area contributed by atoms with Crippen LogP contribution in [-0.2, 0) is 5.41 Å². The molecule has 100 valence electrons. The lowest BCUT2D eigenvalue weighted by atomic mass is 9.83. The quantitative estimate of drug-likeness (QED) is 0.887. The Hall–Kier alpha value is -0.540. The molecule has 1 aliphatic rings. The monoisotopic (exact) mass is 311 g/mol. The predicted molar refractivity (Wildman–Crippen MR) is 79.2 cm³/mol. The molecule has 18 heavy (non-hydrogen) atoms. The second kappa shape index (κ2) is 4.53. The molecule has 2 rings (SSSR count). The van der Waals surface area contributed by atoms with Gasteiger partial charge in [-0.2, -0.15) is 0 Å². The number of phenols is 1. The fourth-order valence-electron chi connectivity index (χ4n) is 2.87. The van der Waals surface area contributed by atoms with Gasteiger partial charge in [-0.3, -0.25) is 0 Å². The summed E-state index contributed by atoms with van der Waals surface area (Å²) < 4.78 is 1.07. The minimum Gasteiger partial charge on any atom is -0.507 e. The van der Waals surface area contributed by atoms with Gasteiger partial charge in [0.15, 0.2) is 0 Å². The summed E-state index contributed by atoms with van der Waals surface area (Å²) >= 11 is 3.62. The SMILES string of the molecule is Cc1c(Br)cc(C(C)C)c(O)c1C1(C(C)N)CC1. The van der Waals surface area contributed by atoms with Gasteiger partial charge in [0, 0.05) is 21.5 Å². The number of hydrogen-bond acceptors (Lipinski definition) is 2. The van der Waals surface area contributed by atoms with Crippen molar-refractivity contribution in [3.05, 3.63) is 27.2 Å². The lowest BCUT2D eigenvalue weighted by Crippen LogP contribution is -2.32. The zero-order chi connectivity index (χ0) is 13.7. The number of hydrogen-bond donors (Lipinski definition) is 2. The number of phenolic OH excluding ortho intramolecular Hbond substituents is 1. The third kappa shape index (κ3) is 1.97. The summed E-state index contributed by atoms with van der Waals surface area (Å²) in [6.07, 6.45) is 2.15. The van der Waals surface area contributed by atoms with Gasteiger partial charge in [0.2, 0.25) is 0 Å². The maximum Gasteiger partial charge on any atom is 0.123 e. The highest BCUT2D eigenvalue weighted by atomic mass is 79.9. The highest BCUT2D eigenvalue weighted by molar-refractivity contribution is 9.10. The van der Waals surface area contributed by atoms with Gasteiger partial charge in [0.25, 0.3) is 0 Å². The molecular weight excluding hydrogens is 290 g/mol. The summed E-state index contributed by atoms with van der Waals surface area (Å²) in [6, 6.07) is 2.12. The molecule has 0 aromatic heterocycles. The largest absolute Gasteiger partial charge is 0.507 e. The molecule has 2 nitrogen and oxygen atoms in total. The Morgan fingerprint density at radius 1 is 1.33 bits per heavy atom. The summed E-state index contributed by atoms with van der Waals surface area (Å²) in [5, 5.41) is 10.6. The van der Waals surface area contributed by atoms with E-state index in [2.05, 4.69) is 36.7 Å². The average Bonchev–Trinajstić information content (AvgIpc) is 3.04. The van der Waals surface area contributed by atoms with Crippen molar-refractivity contribution >= 4 is 15.9 Å². The molecule has 0 aliphatic heterocycles. The van der Waals surface area contributed by atoms with Crippen LogP contribution in [0.1, 0.15) is 56.2 Å². The van der Waals surface area contributed by atoms with E-state index in [1.54, 1.807) is 0 Å². The smallest absolute Gasteiger partial charge is 0.123 e. The van der Waals surface area contributed by atoms with Crippen molar-refractivity contribution in [1.82, 2.24) is 0 Å². The Morgan fingerprint density at radius 2 is 1.89 bits per heavy atom. The molecule has 1 aromatic rings. The van der Waals surface area contributed by atoms with Crippen molar-refractivity contribution in [3.8, 4) is 5.75 Å². The number of halogens is 1. The fourth-order valence-corrected chi connectivity index (χ4v) is 3.32. The molecule has 3 N–H and O–H groups in total. The normalized spacial score (nSPS) is 19.1. The molecular formula is C15H22BrNO. The first-order valence-electron chi connectivity index (χ1n) is 6.59. The third-order valence-corrected chi connectivity index (χ3v) is 5.13. The van der Waals surface area contributed by atoms with Crippen LogP contribution in [0.2, 0.25) is 0 Å². The average molecular weight is 312 g/mol. The van der Waals surface area contributed by atoms with E-state index in [0.29, 0.717) is 11.7 Å². The van der Waals surface area contributed by atoms with E-state index in [4.69, 9.17) is 5.73 Å². The Morgan fingerprint density at radius 3 is 2.28 bits per heavy atom. The number of nitrogens with two attached hydrogens (primary N) is 1. The van der Waals surface area contributed by atoms with E-state index in [-0.39, 0.29) is 11.5 Å². The van der Waals surface area contributed by atoms with E-state index in [1.807, 2.05) is 13.0 Å². The van der Waals surface area contributed by atoms with Crippen LogP contribution in [0.25, 0.3) is 0 Å². The Kier molecular flexibility index (Phi) is 3.50. The molecule has 3 heteroatoms. The van der Waals surface area contributed by atoms with Crippen molar-refractivity contribution < 1.29 is 5.11 Å². The lowest BCUT2D eigenvalue weighted by molar-refractivity contribution is 0.436. The molecule has 0 bridgehead atoms. The maximum atomic E-state index is 10.6. The van der Waals surface area contributed by atoms with Gasteiger partial charge >= 0.3 is 0 Å². The summed E-state index contributed by atoms with van der Waals surface area (Å²) in [5.74, 6) is 0.769. The molecule has 0 spiro atoms. The maximum absolute atomic E-state index is 10.6. The standard InChI is InChI=1S/C15H22BrNO/c1-8(2)11-7-12(16)9(3)13(14(11)18)15(5-6-15)10(4)17/h7-8,10,18H,5-6,17H2,1-4H3. The van der Waals surface area contributed by atoms with E-state index >= 15 is 0 Å². The Balaban J connectivity index is 2.67. The Labute approximate surface area is 118 Å². The molecule has 0 heterocycles. The van der Waals surface area contributed by atoms with Crippen LogP contribution in [0.5, 0.6) is 5.75 Å². The minimum absolute atomic E-state index is 0.0123. The van der Waals surface area contributed by atoms with E-state index < -0.39 is 0 Å². The van der Waals surface area contributed by atoms with Gasteiger partial charge in [-0.15, -0.1) is 0 Å². The van der Waals surface area contributed by atoms with Crippen molar-refractivity contribution in [2.45, 2.75) is 57.9 Å². The van der Waals surface area contributed by atoms with Crippen LogP contribution in [0.3, 0.4) is 0 Å². The van der Waals surface area contributed by atoms with Crippen molar-refractivity contribution in [2.75, 3.05) is 0 Å². The first-order valence-corrected chi connectivity index (χ1v) is 7.38. The highest BCUT2D eigenvalue weighted by Crippen LogP contribution is 2.56. The second-order valence-electron chi connectivity index (χ2n) is 5.90. The zero-order valence-electron chi connectivity index (χ0n) is 11.5. The highest BCUT2D eigenvalue weighted by Gasteiger charge is 2.50. The van der Waals surface area contributed by atoms with E-state index in [9.17, 15) is 5.11 Å². The molecule has 0 saturated heterocycles. The van der Waals surface area contributed by atoms with Crippen molar-refractivity contribution in [3.63, 3.8) is 0 Å². The van der Waals surface area contributed by atoms with Crippen LogP contribution < -0.4 is 5.73 Å². The van der Waals surface area contributed by atoms with Crippen LogP contribution in [0.15, 0.2) is 10.5 Å². The number of aromatic hydroxyl groups is 1. The van der Waals surface area contributed by atoms with Crippen LogP contribution >= 0.6 is 15.9 Å². The van der Waals surface area contributed by atoms with Gasteiger partial charge in [0.1, 0.15) is 5.75 Å². The summed E-state index contributed by atoms with van der Waals surface area (Å²) in [4.78, 5) is 0. The minimum atomic E-state index is -0.0123. The topological polar surface area (TPSA) is 46.2 Å². The number of rotatable bonds is 3. The third-order valence-electron chi connectivity index (χ3n) is 4.31. The first kappa shape index (κ1) is 13.9. The molecule has 1 fully saturated rings. The Bertz CT molecular complexity index is 476. The molecule has 0 amide bonds. The van der Waals surface area contributed by atoms with E-state index in [0.717, 1.165) is 34.0 Å². The van der Waals surface area contributed by atoms with Crippen molar-refractivity contribution in [1.29, 1.82) is 0 Å². The summed E-state index contributed by atoms with van der Waals surface area (Å²) in [7, 11) is 0. The summed E-state index contributed by atoms with van der Waals surface area (Å²) in [5.41, 5.74) is 9.35. The summed E-state index contributed by atoms with van der Waals surface area (Å²) in [6.45, 7) is 8.31. The van der Waals surface area contributed by atoms with Crippen LogP contribution in [0.4, 0.5) is 0 Å². The van der Waals surface area contributed by atoms with Gasteiger partial charge < -0.3 is 10.8 Å². The first-order chi connectivity index (χ1) is 8.31. The molecule has 1 aromatic carbocycles. The molecule has 1 unspecified atom stereocenters. The molecule has 1 atom stereocenters. The molecule has 1 aliphatic carbocycles. The van der Waals surface area contributed by atoms with E-state index in [1.165, 1.54) is 0 Å². The molecule has 0 radical (unpaired) electrons. The van der Waals surface area contributed by atoms with Gasteiger partial charge in [-0.1, -0.05) is 29.8 Å². The predicted octanol–water partition coefficient (Wildman–Crippen LogP) is 3.97. The van der Waals surface area contributed by atoms with Crippen LogP contribution in [0, 0.1) is 6.92 Å². The van der Waals surface area contributed by atoms with Gasteiger partial charge in [0.05, 0.1) is 0 Å². The number of benzene rings is 1. The molecule has 1 saturated carbocycles. The fraction of sp³-hybridized carbons (Fsp3) is 0.600. The van der Waals surface area contributed by atoms with Gasteiger partial charge in [-0.05, 0) is 49.8 Å². The van der Waals surface area contributed by atoms with Crippen LogP contribution in [-0.4, -0.2) is 11.1 Å². The lowest BCUT2D eigenvalue weighted by Gasteiger charge is -2.26. The van der Waals surface area contributed by atoms with Crippen molar-refractivity contribution in [2.24, 2.45) is 5.73 Å². The van der Waals surface area contributed by atoms with Gasteiger partial charge in [-0.25, -0.2) is 0 Å². The second-order valence-corrected chi connectivity index (χ2v) is 6.75.